The highest BCUT2D eigenvalue weighted by Crippen LogP contribution is 2.29. The Balaban J connectivity index is 2.08. The number of benzene rings is 3. The molecule has 3 rings (SSSR count). The lowest BCUT2D eigenvalue weighted by Crippen LogP contribution is -2.53. The summed E-state index contributed by atoms with van der Waals surface area (Å²) in [5, 5.41) is 2.87. The van der Waals surface area contributed by atoms with Crippen molar-refractivity contribution in [3.8, 4) is 0 Å². The van der Waals surface area contributed by atoms with Gasteiger partial charge >= 0.3 is 0 Å². The van der Waals surface area contributed by atoms with Gasteiger partial charge in [-0.05, 0) is 42.5 Å². The predicted molar refractivity (Wildman–Crippen MR) is 157 cm³/mol. The van der Waals surface area contributed by atoms with Gasteiger partial charge in [0, 0.05) is 19.5 Å². The van der Waals surface area contributed by atoms with Gasteiger partial charge in [-0.15, -0.1) is 0 Å². The molecular formula is C31H39N3O4S. The summed E-state index contributed by atoms with van der Waals surface area (Å²) in [5.74, 6) is -0.686. The summed E-state index contributed by atoms with van der Waals surface area (Å²) in [6.45, 7) is 7.92. The molecule has 0 radical (unpaired) electrons. The van der Waals surface area contributed by atoms with E-state index in [0.29, 0.717) is 18.7 Å². The van der Waals surface area contributed by atoms with Crippen LogP contribution in [0.2, 0.25) is 0 Å². The molecule has 0 fully saturated rings. The van der Waals surface area contributed by atoms with Gasteiger partial charge in [-0.2, -0.15) is 0 Å². The highest BCUT2D eigenvalue weighted by molar-refractivity contribution is 7.92. The van der Waals surface area contributed by atoms with Crippen LogP contribution in [-0.4, -0.2) is 50.5 Å². The fraction of sp³-hybridized carbons (Fsp3) is 0.355. The number of carbonyl (C=O) groups excluding carboxylic acids is 2. The summed E-state index contributed by atoms with van der Waals surface area (Å²) in [7, 11) is -3.81. The fourth-order valence-electron chi connectivity index (χ4n) is 4.65. The zero-order valence-corrected chi connectivity index (χ0v) is 24.2. The van der Waals surface area contributed by atoms with Crippen LogP contribution in [0, 0.1) is 6.92 Å². The zero-order valence-electron chi connectivity index (χ0n) is 23.4. The van der Waals surface area contributed by atoms with Crippen molar-refractivity contribution in [3.63, 3.8) is 0 Å². The highest BCUT2D eigenvalue weighted by atomic mass is 32.2. The lowest BCUT2D eigenvalue weighted by Gasteiger charge is -2.34. The molecule has 39 heavy (non-hydrogen) atoms. The van der Waals surface area contributed by atoms with Crippen LogP contribution in [0.3, 0.4) is 0 Å². The van der Waals surface area contributed by atoms with E-state index in [2.05, 4.69) is 5.32 Å². The smallest absolute Gasteiger partial charge is 0.244 e. The van der Waals surface area contributed by atoms with E-state index in [1.807, 2.05) is 94.4 Å². The molecule has 0 saturated heterocycles. The van der Waals surface area contributed by atoms with Crippen molar-refractivity contribution in [1.82, 2.24) is 10.2 Å². The first-order valence-electron chi connectivity index (χ1n) is 13.2. The monoisotopic (exact) mass is 549 g/mol. The highest BCUT2D eigenvalue weighted by Gasteiger charge is 2.33. The van der Waals surface area contributed by atoms with Gasteiger partial charge in [-0.3, -0.25) is 13.9 Å². The Bertz CT molecular complexity index is 1370. The molecule has 1 unspecified atom stereocenters. The minimum atomic E-state index is -3.81. The third kappa shape index (κ3) is 8.17. The van der Waals surface area contributed by atoms with Gasteiger partial charge < -0.3 is 10.2 Å². The van der Waals surface area contributed by atoms with E-state index < -0.39 is 28.5 Å². The molecule has 0 aliphatic rings. The molecular weight excluding hydrogens is 510 g/mol. The number of anilines is 1. The molecule has 0 aliphatic heterocycles. The molecule has 208 valence electrons. The fourth-order valence-corrected chi connectivity index (χ4v) is 5.52. The second-order valence-corrected chi connectivity index (χ2v) is 12.0. The van der Waals surface area contributed by atoms with E-state index in [1.165, 1.54) is 4.90 Å². The number of amides is 2. The first-order valence-corrected chi connectivity index (χ1v) is 15.1. The van der Waals surface area contributed by atoms with Crippen LogP contribution in [0.4, 0.5) is 5.69 Å². The normalized spacial score (nSPS) is 12.2. The Morgan fingerprint density at radius 1 is 0.897 bits per heavy atom. The van der Waals surface area contributed by atoms with Gasteiger partial charge in [0.05, 0.1) is 11.9 Å². The standard InChI is InChI=1S/C31H39N3O4S/c1-6-32-31(36)29(20-25-14-8-7-9-15-25)33(21-26-16-12-13-24(4)19-26)30(35)22-34(39(5,37)38)28-18-11-10-17-27(28)23(2)3/h7-19,23,29H,6,20-22H2,1-5H3,(H,32,36). The van der Waals surface area contributed by atoms with Crippen molar-refractivity contribution in [3.05, 3.63) is 101 Å². The average molecular weight is 550 g/mol. The minimum absolute atomic E-state index is 0.0464. The van der Waals surface area contributed by atoms with E-state index in [1.54, 1.807) is 12.1 Å². The molecule has 0 aromatic heterocycles. The molecule has 1 atom stereocenters. The second-order valence-electron chi connectivity index (χ2n) is 10.1. The average Bonchev–Trinajstić information content (AvgIpc) is 2.89. The van der Waals surface area contributed by atoms with Crippen molar-refractivity contribution < 1.29 is 18.0 Å². The van der Waals surface area contributed by atoms with Gasteiger partial charge in [0.15, 0.2) is 0 Å². The largest absolute Gasteiger partial charge is 0.355 e. The maximum Gasteiger partial charge on any atom is 0.244 e. The van der Waals surface area contributed by atoms with Crippen molar-refractivity contribution in [2.24, 2.45) is 0 Å². The molecule has 7 nitrogen and oxygen atoms in total. The Hall–Kier alpha value is -3.65. The summed E-state index contributed by atoms with van der Waals surface area (Å²) >= 11 is 0. The molecule has 0 heterocycles. The second kappa shape index (κ2) is 13.4. The summed E-state index contributed by atoms with van der Waals surface area (Å²) in [5.41, 5.74) is 4.09. The third-order valence-corrected chi connectivity index (χ3v) is 7.69. The van der Waals surface area contributed by atoms with E-state index in [9.17, 15) is 18.0 Å². The number of sulfonamides is 1. The number of hydrogen-bond donors (Lipinski definition) is 1. The van der Waals surface area contributed by atoms with Crippen LogP contribution in [0.1, 0.15) is 48.9 Å². The lowest BCUT2D eigenvalue weighted by molar-refractivity contribution is -0.140. The quantitative estimate of drug-likeness (QED) is 0.356. The summed E-state index contributed by atoms with van der Waals surface area (Å²) in [6, 6.07) is 23.7. The number of hydrogen-bond acceptors (Lipinski definition) is 4. The van der Waals surface area contributed by atoms with Gasteiger partial charge in [-0.25, -0.2) is 8.42 Å². The van der Waals surface area contributed by atoms with Crippen molar-refractivity contribution in [2.75, 3.05) is 23.7 Å². The van der Waals surface area contributed by atoms with Gasteiger partial charge in [0.1, 0.15) is 12.6 Å². The minimum Gasteiger partial charge on any atom is -0.355 e. The van der Waals surface area contributed by atoms with Crippen LogP contribution < -0.4 is 9.62 Å². The number of nitrogens with zero attached hydrogens (tertiary/aromatic N) is 2. The van der Waals surface area contributed by atoms with Gasteiger partial charge in [-0.1, -0.05) is 92.2 Å². The SMILES string of the molecule is CCNC(=O)C(Cc1ccccc1)N(Cc1cccc(C)c1)C(=O)CN(c1ccccc1C(C)C)S(C)(=O)=O. The Labute approximate surface area is 232 Å². The molecule has 3 aromatic rings. The molecule has 0 aliphatic carbocycles. The molecule has 1 N–H and O–H groups in total. The molecule has 0 bridgehead atoms. The van der Waals surface area contributed by atoms with Crippen molar-refractivity contribution in [1.29, 1.82) is 0 Å². The first kappa shape index (κ1) is 29.9. The molecule has 8 heteroatoms. The van der Waals surface area contributed by atoms with Gasteiger partial charge in [0.25, 0.3) is 0 Å². The molecule has 0 spiro atoms. The Kier molecular flexibility index (Phi) is 10.3. The van der Waals surface area contributed by atoms with Crippen LogP contribution in [0.25, 0.3) is 0 Å². The van der Waals surface area contributed by atoms with E-state index in [0.717, 1.165) is 32.8 Å². The lowest BCUT2D eigenvalue weighted by atomic mass is 10.0. The number of rotatable bonds is 12. The van der Waals surface area contributed by atoms with E-state index in [-0.39, 0.29) is 18.4 Å². The van der Waals surface area contributed by atoms with Crippen molar-refractivity contribution >= 4 is 27.5 Å². The molecule has 0 saturated carbocycles. The number of likely N-dealkylation sites (N-methyl/N-ethyl adjacent to an activating group) is 1. The number of nitrogens with one attached hydrogen (secondary N) is 1. The predicted octanol–water partition coefficient (Wildman–Crippen LogP) is 4.66. The van der Waals surface area contributed by atoms with E-state index >= 15 is 0 Å². The number of carbonyl (C=O) groups is 2. The van der Waals surface area contributed by atoms with Crippen LogP contribution in [0.5, 0.6) is 0 Å². The first-order chi connectivity index (χ1) is 18.5. The van der Waals surface area contributed by atoms with Crippen LogP contribution in [-0.2, 0) is 32.6 Å². The summed E-state index contributed by atoms with van der Waals surface area (Å²) in [4.78, 5) is 29.1. The van der Waals surface area contributed by atoms with Crippen LogP contribution in [0.15, 0.2) is 78.9 Å². The maximum absolute atomic E-state index is 14.1. The zero-order chi connectivity index (χ0) is 28.6. The van der Waals surface area contributed by atoms with Crippen molar-refractivity contribution in [2.45, 2.75) is 52.6 Å². The summed E-state index contributed by atoms with van der Waals surface area (Å²) < 4.78 is 27.2. The summed E-state index contributed by atoms with van der Waals surface area (Å²) in [6.07, 6.45) is 1.40. The Morgan fingerprint density at radius 3 is 2.15 bits per heavy atom. The van der Waals surface area contributed by atoms with Crippen LogP contribution >= 0.6 is 0 Å². The number of para-hydroxylation sites is 1. The third-order valence-electron chi connectivity index (χ3n) is 6.56. The molecule has 3 aromatic carbocycles. The molecule has 2 amide bonds. The van der Waals surface area contributed by atoms with E-state index in [4.69, 9.17) is 0 Å². The maximum atomic E-state index is 14.1. The van der Waals surface area contributed by atoms with Gasteiger partial charge in [0.2, 0.25) is 21.8 Å². The number of aryl methyl sites for hydroxylation is 1. The Morgan fingerprint density at radius 2 is 1.54 bits per heavy atom. The topological polar surface area (TPSA) is 86.8 Å².